The molecule has 0 unspecified atom stereocenters. The number of hydrogen-bond acceptors (Lipinski definition) is 6. The molecule has 1 amide bonds. The molecule has 7 nitrogen and oxygen atoms in total. The van der Waals surface area contributed by atoms with Crippen LogP contribution in [0.15, 0.2) is 23.3 Å². The van der Waals surface area contributed by atoms with Crippen LogP contribution in [0, 0.1) is 5.92 Å². The van der Waals surface area contributed by atoms with E-state index in [2.05, 4.69) is 10.5 Å². The van der Waals surface area contributed by atoms with Crippen molar-refractivity contribution < 1.29 is 22.7 Å². The van der Waals surface area contributed by atoms with Crippen LogP contribution in [0.4, 0.5) is 0 Å². The molecule has 0 radical (unpaired) electrons. The summed E-state index contributed by atoms with van der Waals surface area (Å²) < 4.78 is 33.4. The van der Waals surface area contributed by atoms with Crippen LogP contribution < -0.4 is 14.9 Å². The van der Waals surface area contributed by atoms with E-state index < -0.39 is 9.84 Å². The van der Waals surface area contributed by atoms with Gasteiger partial charge in [0.05, 0.1) is 31.4 Å². The van der Waals surface area contributed by atoms with Gasteiger partial charge < -0.3 is 9.47 Å². The molecule has 0 saturated carbocycles. The number of carbonyl (C=O) groups excluding carboxylic acids is 1. The second kappa shape index (κ2) is 8.14. The fourth-order valence-electron chi connectivity index (χ4n) is 2.56. The van der Waals surface area contributed by atoms with Gasteiger partial charge in [-0.25, -0.2) is 13.8 Å². The predicted octanol–water partition coefficient (Wildman–Crippen LogP) is 1.37. The van der Waals surface area contributed by atoms with E-state index in [1.165, 1.54) is 6.21 Å². The molecular formula is C16H22N2O5S. The minimum absolute atomic E-state index is 0.0837. The van der Waals surface area contributed by atoms with Gasteiger partial charge in [-0.2, -0.15) is 5.10 Å². The fraction of sp³-hybridized carbons (Fsp3) is 0.500. The van der Waals surface area contributed by atoms with E-state index in [4.69, 9.17) is 9.47 Å². The maximum Gasteiger partial charge on any atom is 0.240 e. The van der Waals surface area contributed by atoms with Gasteiger partial charge in [-0.3, -0.25) is 4.79 Å². The highest BCUT2D eigenvalue weighted by Gasteiger charge is 2.29. The predicted molar refractivity (Wildman–Crippen MR) is 91.3 cm³/mol. The molecule has 1 aromatic rings. The van der Waals surface area contributed by atoms with E-state index in [9.17, 15) is 13.2 Å². The molecule has 1 N–H and O–H groups in total. The summed E-state index contributed by atoms with van der Waals surface area (Å²) in [6.07, 6.45) is 2.21. The van der Waals surface area contributed by atoms with Crippen molar-refractivity contribution >= 4 is 22.0 Å². The SMILES string of the molecule is CCOc1cc(/C=N\NC(=O)C[C@@H]2CCS(=O)(=O)C2)ccc1OC. The molecule has 2 rings (SSSR count). The zero-order valence-electron chi connectivity index (χ0n) is 13.8. The van der Waals surface area contributed by atoms with Crippen molar-refractivity contribution in [2.45, 2.75) is 19.8 Å². The third-order valence-electron chi connectivity index (χ3n) is 3.69. The van der Waals surface area contributed by atoms with Crippen molar-refractivity contribution in [3.8, 4) is 11.5 Å². The molecule has 8 heteroatoms. The van der Waals surface area contributed by atoms with Crippen LogP contribution in [0.25, 0.3) is 0 Å². The highest BCUT2D eigenvalue weighted by atomic mass is 32.2. The van der Waals surface area contributed by atoms with Gasteiger partial charge in [0, 0.05) is 6.42 Å². The quantitative estimate of drug-likeness (QED) is 0.589. The maximum absolute atomic E-state index is 11.8. The molecule has 1 heterocycles. The first-order valence-corrected chi connectivity index (χ1v) is 9.59. The van der Waals surface area contributed by atoms with Gasteiger partial charge in [0.1, 0.15) is 0 Å². The fourth-order valence-corrected chi connectivity index (χ4v) is 4.42. The number of amides is 1. The van der Waals surface area contributed by atoms with Gasteiger partial charge in [0.2, 0.25) is 5.91 Å². The van der Waals surface area contributed by atoms with Gasteiger partial charge >= 0.3 is 0 Å². The molecule has 1 atom stereocenters. The topological polar surface area (TPSA) is 94.1 Å². The number of nitrogens with one attached hydrogen (secondary N) is 1. The third kappa shape index (κ3) is 5.23. The second-order valence-electron chi connectivity index (χ2n) is 5.61. The first-order chi connectivity index (χ1) is 11.4. The van der Waals surface area contributed by atoms with Gasteiger partial charge in [-0.15, -0.1) is 0 Å². The number of methoxy groups -OCH3 is 1. The first-order valence-electron chi connectivity index (χ1n) is 7.76. The molecule has 1 fully saturated rings. The summed E-state index contributed by atoms with van der Waals surface area (Å²) in [4.78, 5) is 11.8. The summed E-state index contributed by atoms with van der Waals surface area (Å²) in [6, 6.07) is 5.32. The number of ether oxygens (including phenoxy) is 2. The number of carbonyl (C=O) groups is 1. The molecule has 0 spiro atoms. The van der Waals surface area contributed by atoms with Crippen molar-refractivity contribution in [3.63, 3.8) is 0 Å². The number of hydrogen-bond donors (Lipinski definition) is 1. The van der Waals surface area contributed by atoms with E-state index in [-0.39, 0.29) is 29.8 Å². The standard InChI is InChI=1S/C16H22N2O5S/c1-3-23-15-8-12(4-5-14(15)22-2)10-17-18-16(19)9-13-6-7-24(20,21)11-13/h4-5,8,10,13H,3,6-7,9,11H2,1-2H3,(H,18,19)/b17-10-/t13-/m0/s1. The van der Waals surface area contributed by atoms with Gasteiger partial charge in [0.15, 0.2) is 21.3 Å². The van der Waals surface area contributed by atoms with Crippen LogP contribution in [-0.4, -0.2) is 45.8 Å². The van der Waals surface area contributed by atoms with E-state index in [1.54, 1.807) is 25.3 Å². The Hall–Kier alpha value is -2.09. The lowest BCUT2D eigenvalue weighted by molar-refractivity contribution is -0.121. The summed E-state index contributed by atoms with van der Waals surface area (Å²) in [7, 11) is -1.40. The van der Waals surface area contributed by atoms with Crippen molar-refractivity contribution in [1.29, 1.82) is 0 Å². The summed E-state index contributed by atoms with van der Waals surface area (Å²) in [5.41, 5.74) is 3.18. The summed E-state index contributed by atoms with van der Waals surface area (Å²) in [5.74, 6) is 1.08. The number of hydrazone groups is 1. The molecular weight excluding hydrogens is 332 g/mol. The molecule has 1 aromatic carbocycles. The molecule has 132 valence electrons. The van der Waals surface area contributed by atoms with Crippen LogP contribution in [0.2, 0.25) is 0 Å². The number of sulfone groups is 1. The lowest BCUT2D eigenvalue weighted by Gasteiger charge is -2.09. The maximum atomic E-state index is 11.8. The van der Waals surface area contributed by atoms with Crippen molar-refractivity contribution in [2.24, 2.45) is 11.0 Å². The lowest BCUT2D eigenvalue weighted by Crippen LogP contribution is -2.21. The largest absolute Gasteiger partial charge is 0.493 e. The summed E-state index contributed by atoms with van der Waals surface area (Å²) in [5, 5.41) is 3.91. The number of nitrogens with zero attached hydrogens (tertiary/aromatic N) is 1. The molecule has 1 saturated heterocycles. The van der Waals surface area contributed by atoms with E-state index in [1.807, 2.05) is 6.92 Å². The van der Waals surface area contributed by atoms with E-state index in [0.717, 1.165) is 5.56 Å². The lowest BCUT2D eigenvalue weighted by atomic mass is 10.1. The Morgan fingerprint density at radius 2 is 2.21 bits per heavy atom. The smallest absolute Gasteiger partial charge is 0.240 e. The monoisotopic (exact) mass is 354 g/mol. The summed E-state index contributed by atoms with van der Waals surface area (Å²) >= 11 is 0. The Balaban J connectivity index is 1.89. The average molecular weight is 354 g/mol. The second-order valence-corrected chi connectivity index (χ2v) is 7.84. The molecule has 0 aliphatic carbocycles. The van der Waals surface area contributed by atoms with Crippen molar-refractivity contribution in [3.05, 3.63) is 23.8 Å². The Morgan fingerprint density at radius 1 is 1.42 bits per heavy atom. The molecule has 24 heavy (non-hydrogen) atoms. The summed E-state index contributed by atoms with van der Waals surface area (Å²) in [6.45, 7) is 2.39. The van der Waals surface area contributed by atoms with Crippen LogP contribution in [0.3, 0.4) is 0 Å². The Kier molecular flexibility index (Phi) is 6.19. The van der Waals surface area contributed by atoms with Crippen molar-refractivity contribution in [1.82, 2.24) is 5.43 Å². The molecule has 1 aliphatic heterocycles. The zero-order valence-corrected chi connectivity index (χ0v) is 14.6. The first kappa shape index (κ1) is 18.3. The highest BCUT2D eigenvalue weighted by molar-refractivity contribution is 7.91. The van der Waals surface area contributed by atoms with Crippen molar-refractivity contribution in [2.75, 3.05) is 25.2 Å². The average Bonchev–Trinajstić information content (AvgIpc) is 2.86. The third-order valence-corrected chi connectivity index (χ3v) is 5.53. The molecule has 0 aromatic heterocycles. The van der Waals surface area contributed by atoms with Gasteiger partial charge in [-0.1, -0.05) is 0 Å². The minimum Gasteiger partial charge on any atom is -0.493 e. The van der Waals surface area contributed by atoms with Gasteiger partial charge in [0.25, 0.3) is 0 Å². The molecule has 0 bridgehead atoms. The number of benzene rings is 1. The Labute approximate surface area is 142 Å². The molecule has 1 aliphatic rings. The highest BCUT2D eigenvalue weighted by Crippen LogP contribution is 2.27. The van der Waals surface area contributed by atoms with Gasteiger partial charge in [-0.05, 0) is 43.0 Å². The Bertz CT molecular complexity index is 715. The Morgan fingerprint density at radius 3 is 2.83 bits per heavy atom. The normalized spacial score (nSPS) is 19.3. The van der Waals surface area contributed by atoms with E-state index >= 15 is 0 Å². The van der Waals surface area contributed by atoms with E-state index in [0.29, 0.717) is 24.5 Å². The zero-order chi connectivity index (χ0) is 17.6. The van der Waals surface area contributed by atoms with Crippen LogP contribution in [-0.2, 0) is 14.6 Å². The van der Waals surface area contributed by atoms with Crippen LogP contribution in [0.1, 0.15) is 25.3 Å². The minimum atomic E-state index is -2.97. The van der Waals surface area contributed by atoms with Crippen LogP contribution >= 0.6 is 0 Å². The van der Waals surface area contributed by atoms with Crippen LogP contribution in [0.5, 0.6) is 11.5 Å². The number of rotatable bonds is 7.